The normalized spacial score (nSPS) is 16.3. The number of halogens is 6. The van der Waals surface area contributed by atoms with Gasteiger partial charge in [-0.1, -0.05) is 18.6 Å². The molecule has 1 heterocycles. The maximum Gasteiger partial charge on any atom is 0.490 e. The standard InChI is InChI=1S/C23H20F6N6O4/c1-11-3-4-12(21(18(32)37,23(27,28)29)39-19(38)22(24,25)26)7-13(11)14-8-33-16(31)15(35-14)17(36)34-10-20(9-30)5-2-6-20/h3-4,7-8H,2,5-6,10H2,1H3,(H2,31,33)(H2,32,37)(H,34,36). The molecule has 0 spiro atoms. The highest BCUT2D eigenvalue weighted by molar-refractivity contribution is 5.97. The zero-order chi connectivity index (χ0) is 29.4. The van der Waals surface area contributed by atoms with Gasteiger partial charge in [0.1, 0.15) is 0 Å². The van der Waals surface area contributed by atoms with Crippen molar-refractivity contribution >= 4 is 23.6 Å². The van der Waals surface area contributed by atoms with Crippen LogP contribution >= 0.6 is 0 Å². The van der Waals surface area contributed by atoms with Crippen molar-refractivity contribution in [1.29, 1.82) is 5.26 Å². The van der Waals surface area contributed by atoms with E-state index in [0.29, 0.717) is 25.0 Å². The summed E-state index contributed by atoms with van der Waals surface area (Å²) in [5.74, 6) is -6.93. The Bertz CT molecular complexity index is 1370. The molecule has 2 amide bonds. The first kappa shape index (κ1) is 29.1. The van der Waals surface area contributed by atoms with Crippen molar-refractivity contribution in [3.05, 3.63) is 41.2 Å². The number of esters is 1. The first-order chi connectivity index (χ1) is 18.0. The third kappa shape index (κ3) is 5.42. The van der Waals surface area contributed by atoms with E-state index in [2.05, 4.69) is 26.1 Å². The molecule has 208 valence electrons. The smallest absolute Gasteiger partial charge is 0.427 e. The number of ether oxygens (including phenoxy) is 1. The van der Waals surface area contributed by atoms with Gasteiger partial charge in [-0.05, 0) is 31.4 Å². The summed E-state index contributed by atoms with van der Waals surface area (Å²) in [4.78, 5) is 44.0. The zero-order valence-corrected chi connectivity index (χ0v) is 20.0. The quantitative estimate of drug-likeness (QED) is 0.344. The number of nitriles is 1. The van der Waals surface area contributed by atoms with Crippen molar-refractivity contribution in [1.82, 2.24) is 15.3 Å². The number of alkyl halides is 6. The molecule has 16 heteroatoms. The van der Waals surface area contributed by atoms with Gasteiger partial charge in [-0.3, -0.25) is 9.59 Å². The van der Waals surface area contributed by atoms with E-state index in [0.717, 1.165) is 18.7 Å². The minimum absolute atomic E-state index is 0.0144. The number of nitrogens with zero attached hydrogens (tertiary/aromatic N) is 3. The maximum atomic E-state index is 14.1. The topological polar surface area (TPSA) is 174 Å². The number of benzene rings is 1. The zero-order valence-electron chi connectivity index (χ0n) is 20.0. The van der Waals surface area contributed by atoms with Crippen molar-refractivity contribution in [3.8, 4) is 17.3 Å². The fourth-order valence-electron chi connectivity index (χ4n) is 3.89. The summed E-state index contributed by atoms with van der Waals surface area (Å²) in [5, 5.41) is 11.8. The number of primary amides is 1. The number of carbonyl (C=O) groups excluding carboxylic acids is 3. The molecule has 1 aromatic carbocycles. The van der Waals surface area contributed by atoms with Gasteiger partial charge < -0.3 is 21.5 Å². The number of nitrogens with two attached hydrogens (primary N) is 2. The summed E-state index contributed by atoms with van der Waals surface area (Å²) < 4.78 is 84.5. The highest BCUT2D eigenvalue weighted by Crippen LogP contribution is 2.45. The van der Waals surface area contributed by atoms with Crippen molar-refractivity contribution in [2.75, 3.05) is 12.3 Å². The van der Waals surface area contributed by atoms with E-state index in [9.17, 15) is 46.0 Å². The molecule has 1 fully saturated rings. The SMILES string of the molecule is Cc1ccc(C(OC(=O)C(F)(F)F)(C(N)=O)C(F)(F)F)cc1-c1cnc(N)c(C(=O)NCC2(C#N)CCC2)n1. The Morgan fingerprint density at radius 2 is 1.82 bits per heavy atom. The van der Waals surface area contributed by atoms with Gasteiger partial charge in [0.05, 0.1) is 23.4 Å². The highest BCUT2D eigenvalue weighted by Gasteiger charge is 2.66. The first-order valence-corrected chi connectivity index (χ1v) is 11.1. The lowest BCUT2D eigenvalue weighted by Gasteiger charge is -2.35. The summed E-state index contributed by atoms with van der Waals surface area (Å²) in [6.07, 6.45) is -8.88. The summed E-state index contributed by atoms with van der Waals surface area (Å²) in [5.41, 5.74) is 3.35. The number of hydrogen-bond donors (Lipinski definition) is 3. The number of nitrogens with one attached hydrogen (secondary N) is 1. The summed E-state index contributed by atoms with van der Waals surface area (Å²) in [6.45, 7) is 1.37. The summed E-state index contributed by atoms with van der Waals surface area (Å²) in [6, 6.07) is 4.32. The van der Waals surface area contributed by atoms with E-state index < -0.39 is 52.4 Å². The summed E-state index contributed by atoms with van der Waals surface area (Å²) in [7, 11) is 0. The van der Waals surface area contributed by atoms with Gasteiger partial charge >= 0.3 is 23.9 Å². The van der Waals surface area contributed by atoms with Crippen molar-refractivity contribution in [2.45, 2.75) is 44.1 Å². The molecule has 0 radical (unpaired) electrons. The maximum absolute atomic E-state index is 14.1. The number of hydrogen-bond acceptors (Lipinski definition) is 8. The van der Waals surface area contributed by atoms with Crippen LogP contribution in [-0.2, 0) is 19.9 Å². The number of carbonyl (C=O) groups is 3. The minimum Gasteiger partial charge on any atom is -0.427 e. The highest BCUT2D eigenvalue weighted by atomic mass is 19.4. The summed E-state index contributed by atoms with van der Waals surface area (Å²) >= 11 is 0. The second-order valence-electron chi connectivity index (χ2n) is 8.88. The van der Waals surface area contributed by atoms with Crippen LogP contribution in [0.3, 0.4) is 0 Å². The van der Waals surface area contributed by atoms with Gasteiger partial charge in [0, 0.05) is 17.7 Å². The fourth-order valence-corrected chi connectivity index (χ4v) is 3.89. The van der Waals surface area contributed by atoms with Crippen LogP contribution in [0.25, 0.3) is 11.3 Å². The average molecular weight is 558 g/mol. The Hall–Kier alpha value is -4.42. The van der Waals surface area contributed by atoms with Crippen LogP contribution in [0.15, 0.2) is 24.4 Å². The van der Waals surface area contributed by atoms with Gasteiger partial charge in [0.2, 0.25) is 0 Å². The third-order valence-electron chi connectivity index (χ3n) is 6.29. The fraction of sp³-hybridized carbons (Fsp3) is 0.391. The molecule has 1 unspecified atom stereocenters. The number of anilines is 1. The molecule has 3 rings (SSSR count). The van der Waals surface area contributed by atoms with Gasteiger partial charge in [0.25, 0.3) is 11.8 Å². The molecule has 10 nitrogen and oxygen atoms in total. The van der Waals surface area contributed by atoms with Crippen LogP contribution in [0.5, 0.6) is 0 Å². The monoisotopic (exact) mass is 558 g/mol. The molecule has 39 heavy (non-hydrogen) atoms. The van der Waals surface area contributed by atoms with Crippen LogP contribution in [0, 0.1) is 23.7 Å². The molecule has 1 aliphatic carbocycles. The Labute approximate surface area is 216 Å². The molecule has 5 N–H and O–H groups in total. The third-order valence-corrected chi connectivity index (χ3v) is 6.29. The van der Waals surface area contributed by atoms with E-state index in [1.807, 2.05) is 0 Å². The van der Waals surface area contributed by atoms with Crippen LogP contribution in [0.1, 0.15) is 40.9 Å². The Balaban J connectivity index is 2.08. The Kier molecular flexibility index (Phi) is 7.50. The van der Waals surface area contributed by atoms with E-state index in [1.54, 1.807) is 0 Å². The predicted octanol–water partition coefficient (Wildman–Crippen LogP) is 2.81. The van der Waals surface area contributed by atoms with Crippen LogP contribution in [0.2, 0.25) is 0 Å². The lowest BCUT2D eigenvalue weighted by molar-refractivity contribution is -0.280. The van der Waals surface area contributed by atoms with Gasteiger partial charge in [-0.2, -0.15) is 31.6 Å². The molecule has 1 saturated carbocycles. The molecular formula is C23H20F6N6O4. The molecule has 1 atom stereocenters. The first-order valence-electron chi connectivity index (χ1n) is 11.1. The number of amides is 2. The van der Waals surface area contributed by atoms with Crippen LogP contribution in [-0.4, -0.2) is 46.6 Å². The Morgan fingerprint density at radius 1 is 1.18 bits per heavy atom. The van der Waals surface area contributed by atoms with Crippen LogP contribution < -0.4 is 16.8 Å². The number of rotatable bonds is 7. The average Bonchev–Trinajstić information content (AvgIpc) is 2.81. The largest absolute Gasteiger partial charge is 0.490 e. The second kappa shape index (κ2) is 10.0. The minimum atomic E-state index is -5.91. The van der Waals surface area contributed by atoms with Gasteiger partial charge in [-0.15, -0.1) is 0 Å². The second-order valence-corrected chi connectivity index (χ2v) is 8.88. The lowest BCUT2D eigenvalue weighted by atomic mass is 9.70. The van der Waals surface area contributed by atoms with Gasteiger partial charge in [-0.25, -0.2) is 14.8 Å². The van der Waals surface area contributed by atoms with Crippen LogP contribution in [0.4, 0.5) is 32.2 Å². The molecule has 0 saturated heterocycles. The van der Waals surface area contributed by atoms with Crippen molar-refractivity contribution in [2.24, 2.45) is 11.1 Å². The molecule has 1 aromatic heterocycles. The lowest BCUT2D eigenvalue weighted by Crippen LogP contribution is -2.57. The van der Waals surface area contributed by atoms with E-state index in [1.165, 1.54) is 6.92 Å². The number of aromatic nitrogens is 2. The van der Waals surface area contributed by atoms with Crippen molar-refractivity contribution < 1.29 is 45.5 Å². The van der Waals surface area contributed by atoms with E-state index in [4.69, 9.17) is 11.5 Å². The number of aryl methyl sites for hydroxylation is 1. The molecule has 1 aliphatic rings. The Morgan fingerprint density at radius 3 is 2.31 bits per heavy atom. The molecule has 0 aliphatic heterocycles. The molecule has 2 aromatic rings. The molecular weight excluding hydrogens is 538 g/mol. The number of nitrogen functional groups attached to an aromatic ring is 1. The molecule has 0 bridgehead atoms. The van der Waals surface area contributed by atoms with Crippen molar-refractivity contribution in [3.63, 3.8) is 0 Å². The predicted molar refractivity (Wildman–Crippen MR) is 120 cm³/mol. The van der Waals surface area contributed by atoms with E-state index >= 15 is 0 Å². The van der Waals surface area contributed by atoms with Gasteiger partial charge in [0.15, 0.2) is 11.5 Å². The van der Waals surface area contributed by atoms with E-state index in [-0.39, 0.29) is 29.2 Å².